The Morgan fingerprint density at radius 3 is 2.48 bits per heavy atom. The van der Waals surface area contributed by atoms with Crippen molar-refractivity contribution in [2.75, 3.05) is 39.8 Å². The van der Waals surface area contributed by atoms with Crippen LogP contribution in [0.1, 0.15) is 16.8 Å². The van der Waals surface area contributed by atoms with E-state index in [1.54, 1.807) is 32.3 Å². The highest BCUT2D eigenvalue weighted by Crippen LogP contribution is 2.43. The fraction of sp³-hybridized carbons (Fsp3) is 0.273. The van der Waals surface area contributed by atoms with Crippen LogP contribution in [0.15, 0.2) is 46.8 Å². The van der Waals surface area contributed by atoms with E-state index < -0.39 is 0 Å². The summed E-state index contributed by atoms with van der Waals surface area (Å²) in [6, 6.07) is 9.48. The number of nitrogens with zero attached hydrogens (tertiary/aromatic N) is 3. The van der Waals surface area contributed by atoms with Gasteiger partial charge in [-0.25, -0.2) is 4.99 Å². The number of hydrogen-bond acceptors (Lipinski definition) is 6. The van der Waals surface area contributed by atoms with E-state index in [-0.39, 0.29) is 5.91 Å². The largest absolute Gasteiger partial charge is 0.497 e. The van der Waals surface area contributed by atoms with Crippen molar-refractivity contribution in [3.8, 4) is 17.2 Å². The molecule has 2 aromatic rings. The number of amides is 1. The van der Waals surface area contributed by atoms with E-state index in [1.165, 1.54) is 0 Å². The molecule has 2 aromatic carbocycles. The van der Waals surface area contributed by atoms with Gasteiger partial charge in [-0.3, -0.25) is 9.69 Å². The molecule has 3 heterocycles. The van der Waals surface area contributed by atoms with Crippen molar-refractivity contribution in [1.29, 1.82) is 0 Å². The Morgan fingerprint density at radius 1 is 1.00 bits per heavy atom. The normalized spacial score (nSPS) is 16.7. The van der Waals surface area contributed by atoms with Gasteiger partial charge in [0.25, 0.3) is 5.91 Å². The predicted molar refractivity (Wildman–Crippen MR) is 108 cm³/mol. The maximum absolute atomic E-state index is 13.3. The van der Waals surface area contributed by atoms with Crippen molar-refractivity contribution in [3.63, 3.8) is 0 Å². The number of carbonyl (C=O) groups is 1. The number of benzene rings is 2. The summed E-state index contributed by atoms with van der Waals surface area (Å²) in [5, 5.41) is 1.98. The number of anilines is 1. The quantitative estimate of drug-likeness (QED) is 0.796. The van der Waals surface area contributed by atoms with E-state index in [1.807, 2.05) is 36.2 Å². The molecular formula is C22H21N3O4. The molecule has 7 heteroatoms. The summed E-state index contributed by atoms with van der Waals surface area (Å²) in [5.74, 6) is 2.67. The Balaban J connectivity index is 1.75. The Labute approximate surface area is 168 Å². The van der Waals surface area contributed by atoms with Crippen LogP contribution in [0.5, 0.6) is 17.2 Å². The molecule has 5 rings (SSSR count). The van der Waals surface area contributed by atoms with Crippen LogP contribution in [0.4, 0.5) is 5.69 Å². The van der Waals surface area contributed by atoms with Gasteiger partial charge in [-0.05, 0) is 36.3 Å². The van der Waals surface area contributed by atoms with Crippen LogP contribution in [-0.2, 0) is 0 Å². The number of ether oxygens (including phenoxy) is 3. The lowest BCUT2D eigenvalue weighted by atomic mass is 9.98. The molecule has 0 spiro atoms. The van der Waals surface area contributed by atoms with Crippen molar-refractivity contribution in [2.24, 2.45) is 4.99 Å². The van der Waals surface area contributed by atoms with Crippen LogP contribution in [0.3, 0.4) is 0 Å². The number of allylic oxidation sites excluding steroid dienone is 1. The van der Waals surface area contributed by atoms with Crippen molar-refractivity contribution < 1.29 is 19.0 Å². The summed E-state index contributed by atoms with van der Waals surface area (Å²) in [7, 11) is 6.77. The zero-order valence-electron chi connectivity index (χ0n) is 16.8. The Bertz CT molecular complexity index is 1220. The van der Waals surface area contributed by atoms with Gasteiger partial charge in [0.15, 0.2) is 11.5 Å². The van der Waals surface area contributed by atoms with Gasteiger partial charge < -0.3 is 19.1 Å². The van der Waals surface area contributed by atoms with E-state index in [0.29, 0.717) is 23.6 Å². The van der Waals surface area contributed by atoms with E-state index >= 15 is 0 Å². The van der Waals surface area contributed by atoms with Crippen LogP contribution in [-0.4, -0.2) is 45.7 Å². The lowest BCUT2D eigenvalue weighted by Crippen LogP contribution is -2.46. The predicted octanol–water partition coefficient (Wildman–Crippen LogP) is 1.66. The molecule has 1 amide bonds. The number of fused-ring (bicyclic) bond motifs is 4. The Hall–Kier alpha value is -3.48. The molecule has 0 aliphatic carbocycles. The third-order valence-electron chi connectivity index (χ3n) is 5.76. The van der Waals surface area contributed by atoms with Crippen LogP contribution in [0.2, 0.25) is 0 Å². The molecule has 3 aliphatic rings. The smallest absolute Gasteiger partial charge is 0.261 e. The summed E-state index contributed by atoms with van der Waals surface area (Å²) in [5.41, 5.74) is 3.36. The molecule has 29 heavy (non-hydrogen) atoms. The van der Waals surface area contributed by atoms with Gasteiger partial charge in [0.05, 0.1) is 37.9 Å². The highest BCUT2D eigenvalue weighted by atomic mass is 16.5. The van der Waals surface area contributed by atoms with Crippen molar-refractivity contribution >= 4 is 17.2 Å². The molecular weight excluding hydrogens is 370 g/mol. The van der Waals surface area contributed by atoms with Crippen LogP contribution in [0, 0.1) is 0 Å². The zero-order chi connectivity index (χ0) is 20.3. The summed E-state index contributed by atoms with van der Waals surface area (Å²) in [6.45, 7) is 0.595. The first-order valence-corrected chi connectivity index (χ1v) is 9.39. The first kappa shape index (κ1) is 17.6. The lowest BCUT2D eigenvalue weighted by molar-refractivity contribution is 0.0790. The number of rotatable bonds is 3. The molecule has 7 nitrogen and oxygen atoms in total. The molecule has 0 radical (unpaired) electrons. The average Bonchev–Trinajstić information content (AvgIpc) is 3.13. The maximum atomic E-state index is 13.3. The minimum atomic E-state index is -0.0515. The molecule has 0 atom stereocenters. The number of methoxy groups -OCH3 is 3. The maximum Gasteiger partial charge on any atom is 0.261 e. The summed E-state index contributed by atoms with van der Waals surface area (Å²) in [6.07, 6.45) is 0.741. The zero-order valence-corrected chi connectivity index (χ0v) is 16.8. The second-order valence-corrected chi connectivity index (χ2v) is 7.14. The molecule has 0 unspecified atom stereocenters. The highest BCUT2D eigenvalue weighted by Gasteiger charge is 2.39. The Morgan fingerprint density at radius 2 is 1.76 bits per heavy atom. The summed E-state index contributed by atoms with van der Waals surface area (Å²) < 4.78 is 16.2. The van der Waals surface area contributed by atoms with Gasteiger partial charge in [0.2, 0.25) is 0 Å². The molecule has 0 saturated carbocycles. The minimum absolute atomic E-state index is 0.0515. The van der Waals surface area contributed by atoms with Crippen molar-refractivity contribution in [2.45, 2.75) is 6.42 Å². The van der Waals surface area contributed by atoms with E-state index in [2.05, 4.69) is 0 Å². The van der Waals surface area contributed by atoms with E-state index in [9.17, 15) is 4.79 Å². The fourth-order valence-corrected chi connectivity index (χ4v) is 4.31. The first-order chi connectivity index (χ1) is 14.1. The molecule has 148 valence electrons. The summed E-state index contributed by atoms with van der Waals surface area (Å²) in [4.78, 5) is 22.0. The van der Waals surface area contributed by atoms with Gasteiger partial charge in [-0.1, -0.05) is 0 Å². The SMILES string of the molecule is COc1ccc2c(c1)=C1CCN3C(=O)c4cc(OC)c(OC)cc4N(C)C3=C1N=2. The van der Waals surface area contributed by atoms with E-state index in [4.69, 9.17) is 19.2 Å². The average molecular weight is 391 g/mol. The molecule has 0 fully saturated rings. The minimum Gasteiger partial charge on any atom is -0.497 e. The van der Waals surface area contributed by atoms with Crippen molar-refractivity contribution in [3.05, 3.63) is 58.0 Å². The third kappa shape index (κ3) is 2.36. The topological polar surface area (TPSA) is 63.6 Å². The molecule has 0 saturated heterocycles. The fourth-order valence-electron chi connectivity index (χ4n) is 4.31. The number of carbonyl (C=O) groups excluding carboxylic acids is 1. The van der Waals surface area contributed by atoms with Gasteiger partial charge >= 0.3 is 0 Å². The van der Waals surface area contributed by atoms with Crippen LogP contribution in [0.25, 0.3) is 5.57 Å². The van der Waals surface area contributed by atoms with Crippen LogP contribution < -0.4 is 29.7 Å². The monoisotopic (exact) mass is 391 g/mol. The van der Waals surface area contributed by atoms with Gasteiger partial charge in [0.1, 0.15) is 17.3 Å². The third-order valence-corrected chi connectivity index (χ3v) is 5.76. The highest BCUT2D eigenvalue weighted by molar-refractivity contribution is 6.05. The molecule has 3 aliphatic heterocycles. The van der Waals surface area contributed by atoms with E-state index in [0.717, 1.165) is 45.5 Å². The molecule has 0 N–H and O–H groups in total. The first-order valence-electron chi connectivity index (χ1n) is 9.39. The van der Waals surface area contributed by atoms with Gasteiger partial charge in [0, 0.05) is 24.9 Å². The van der Waals surface area contributed by atoms with Crippen LogP contribution >= 0.6 is 0 Å². The standard InChI is InChI=1S/C22H21N3O4/c1-24-17-11-19(29-4)18(28-3)10-15(17)22(26)25-8-7-13-14-9-12(27-2)5-6-16(14)23-20(13)21(24)25/h5-6,9-11H,7-8H2,1-4H3. The second kappa shape index (κ2) is 6.27. The van der Waals surface area contributed by atoms with Gasteiger partial charge in [-0.15, -0.1) is 0 Å². The van der Waals surface area contributed by atoms with Crippen molar-refractivity contribution in [1.82, 2.24) is 4.90 Å². The number of hydrogen-bond donors (Lipinski definition) is 0. The lowest BCUT2D eigenvalue weighted by Gasteiger charge is -2.41. The molecule has 0 aromatic heterocycles. The Kier molecular flexibility index (Phi) is 3.81. The van der Waals surface area contributed by atoms with Gasteiger partial charge in [-0.2, -0.15) is 0 Å². The molecule has 0 bridgehead atoms. The summed E-state index contributed by atoms with van der Waals surface area (Å²) >= 11 is 0. The second-order valence-electron chi connectivity index (χ2n) is 7.14.